The Morgan fingerprint density at radius 1 is 0.912 bits per heavy atom. The average Bonchev–Trinajstić information content (AvgIpc) is 2.82. The van der Waals surface area contributed by atoms with Gasteiger partial charge >= 0.3 is 6.03 Å². The summed E-state index contributed by atoms with van der Waals surface area (Å²) in [5.74, 6) is -0.560. The number of hydrogen-bond acceptors (Lipinski definition) is 5. The number of nitrogens with zero attached hydrogens (tertiary/aromatic N) is 4. The standard InChI is InChI=1S/C25H27ClN4O4/c1-27-22(32)25(23(33)28(2)24(27)34,11-16-6-8-19(26)9-7-16)15-29-12-17-10-18(14-29)20-4-3-5-21(31)30(20)13-17/h3-9,17-18H,10-15H2,1-2H3/t17-,18?/m0/s1. The summed E-state index contributed by atoms with van der Waals surface area (Å²) in [4.78, 5) is 56.4. The molecule has 1 aromatic heterocycles. The van der Waals surface area contributed by atoms with E-state index >= 15 is 0 Å². The Bertz CT molecular complexity index is 1200. The van der Waals surface area contributed by atoms with Gasteiger partial charge in [0.2, 0.25) is 11.8 Å². The summed E-state index contributed by atoms with van der Waals surface area (Å²) in [6.07, 6.45) is 1.15. The number of aromatic nitrogens is 1. The maximum atomic E-state index is 13.6. The van der Waals surface area contributed by atoms with Crippen LogP contribution in [0.4, 0.5) is 4.79 Å². The molecule has 1 aromatic carbocycles. The number of halogens is 1. The second kappa shape index (κ2) is 8.36. The minimum absolute atomic E-state index is 0.0132. The van der Waals surface area contributed by atoms with E-state index in [2.05, 4.69) is 4.90 Å². The molecule has 5 rings (SSSR count). The van der Waals surface area contributed by atoms with Crippen LogP contribution in [0.2, 0.25) is 5.02 Å². The van der Waals surface area contributed by atoms with Crippen LogP contribution in [0, 0.1) is 11.3 Å². The summed E-state index contributed by atoms with van der Waals surface area (Å²) in [6.45, 7) is 2.16. The topological polar surface area (TPSA) is 82.9 Å². The van der Waals surface area contributed by atoms with Gasteiger partial charge in [0.1, 0.15) is 5.41 Å². The smallest absolute Gasteiger partial charge is 0.312 e. The van der Waals surface area contributed by atoms with Gasteiger partial charge in [-0.1, -0.05) is 29.8 Å². The number of carbonyl (C=O) groups is 3. The number of carbonyl (C=O) groups excluding carboxylic acids is 3. The van der Waals surface area contributed by atoms with Crippen molar-refractivity contribution < 1.29 is 14.4 Å². The maximum absolute atomic E-state index is 13.6. The van der Waals surface area contributed by atoms with Crippen LogP contribution in [0.25, 0.3) is 0 Å². The predicted molar refractivity (Wildman–Crippen MR) is 127 cm³/mol. The van der Waals surface area contributed by atoms with Crippen LogP contribution in [0.15, 0.2) is 47.3 Å². The van der Waals surface area contributed by atoms with Crippen molar-refractivity contribution in [3.8, 4) is 0 Å². The number of urea groups is 1. The van der Waals surface area contributed by atoms with E-state index in [1.54, 1.807) is 24.3 Å². The zero-order valence-electron chi connectivity index (χ0n) is 19.2. The van der Waals surface area contributed by atoms with Crippen LogP contribution in [0.5, 0.6) is 0 Å². The first-order chi connectivity index (χ1) is 16.2. The van der Waals surface area contributed by atoms with E-state index in [4.69, 9.17) is 11.6 Å². The van der Waals surface area contributed by atoms with E-state index in [1.807, 2.05) is 22.8 Å². The molecule has 34 heavy (non-hydrogen) atoms. The van der Waals surface area contributed by atoms with Gasteiger partial charge in [0.15, 0.2) is 0 Å². The lowest BCUT2D eigenvalue weighted by Gasteiger charge is -2.48. The molecule has 0 saturated carbocycles. The summed E-state index contributed by atoms with van der Waals surface area (Å²) in [7, 11) is 2.86. The summed E-state index contributed by atoms with van der Waals surface area (Å²) < 4.78 is 1.86. The quantitative estimate of drug-likeness (QED) is 0.624. The number of pyridine rings is 1. The van der Waals surface area contributed by atoms with Crippen molar-refractivity contribution in [1.82, 2.24) is 19.3 Å². The molecule has 8 nitrogen and oxygen atoms in total. The molecular formula is C25H27ClN4O4. The van der Waals surface area contributed by atoms with Gasteiger partial charge in [-0.25, -0.2) is 4.79 Å². The molecule has 2 aromatic rings. The van der Waals surface area contributed by atoms with Crippen molar-refractivity contribution in [3.63, 3.8) is 0 Å². The highest BCUT2D eigenvalue weighted by Crippen LogP contribution is 2.39. The molecule has 9 heteroatoms. The zero-order valence-corrected chi connectivity index (χ0v) is 20.0. The van der Waals surface area contributed by atoms with Crippen molar-refractivity contribution in [2.75, 3.05) is 33.7 Å². The molecule has 4 amide bonds. The van der Waals surface area contributed by atoms with Crippen LogP contribution < -0.4 is 5.56 Å². The molecule has 4 heterocycles. The number of rotatable bonds is 4. The third-order valence-corrected chi connectivity index (χ3v) is 7.72. The number of barbiturate groups is 1. The van der Waals surface area contributed by atoms with Crippen LogP contribution >= 0.6 is 11.6 Å². The second-order valence-corrected chi connectivity index (χ2v) is 10.2. The zero-order chi connectivity index (χ0) is 24.2. The third kappa shape index (κ3) is 3.65. The van der Waals surface area contributed by atoms with Gasteiger partial charge in [0.05, 0.1) is 0 Å². The van der Waals surface area contributed by atoms with Gasteiger partial charge in [-0.3, -0.25) is 24.2 Å². The van der Waals surface area contributed by atoms with Crippen LogP contribution in [-0.2, 0) is 22.6 Å². The molecule has 2 fully saturated rings. The highest BCUT2D eigenvalue weighted by molar-refractivity contribution is 6.30. The molecule has 2 bridgehead atoms. The summed E-state index contributed by atoms with van der Waals surface area (Å²) >= 11 is 6.05. The monoisotopic (exact) mass is 482 g/mol. The SMILES string of the molecule is CN1C(=O)N(C)C(=O)C(Cc2ccc(Cl)cc2)(CN2CC3C[C@@H](C2)Cn2c3cccc2=O)C1=O. The van der Waals surface area contributed by atoms with Gasteiger partial charge < -0.3 is 9.47 Å². The number of fused-ring (bicyclic) bond motifs is 4. The Hall–Kier alpha value is -2.97. The molecule has 0 aliphatic carbocycles. The number of piperidine rings is 1. The van der Waals surface area contributed by atoms with Gasteiger partial charge in [0, 0.05) is 63.0 Å². The number of benzene rings is 1. The fourth-order valence-corrected chi connectivity index (χ4v) is 6.06. The van der Waals surface area contributed by atoms with Crippen molar-refractivity contribution in [3.05, 3.63) is 69.1 Å². The van der Waals surface area contributed by atoms with Crippen molar-refractivity contribution in [2.45, 2.75) is 25.3 Å². The lowest BCUT2D eigenvalue weighted by atomic mass is 9.75. The largest absolute Gasteiger partial charge is 0.332 e. The second-order valence-electron chi connectivity index (χ2n) is 9.79. The Morgan fingerprint density at radius 2 is 1.59 bits per heavy atom. The Morgan fingerprint density at radius 3 is 2.26 bits per heavy atom. The first-order valence-electron chi connectivity index (χ1n) is 11.5. The van der Waals surface area contributed by atoms with E-state index in [9.17, 15) is 19.2 Å². The van der Waals surface area contributed by atoms with E-state index in [1.165, 1.54) is 14.1 Å². The van der Waals surface area contributed by atoms with E-state index in [0.717, 1.165) is 27.5 Å². The van der Waals surface area contributed by atoms with E-state index < -0.39 is 23.3 Å². The molecule has 0 radical (unpaired) electrons. The molecular weight excluding hydrogens is 456 g/mol. The fraction of sp³-hybridized carbons (Fsp3) is 0.440. The molecule has 3 aliphatic heterocycles. The summed E-state index contributed by atoms with van der Waals surface area (Å²) in [5, 5.41) is 0.571. The van der Waals surface area contributed by atoms with Gasteiger partial charge in [-0.15, -0.1) is 0 Å². The number of imide groups is 2. The van der Waals surface area contributed by atoms with Crippen molar-refractivity contribution >= 4 is 29.4 Å². The maximum Gasteiger partial charge on any atom is 0.332 e. The number of amides is 4. The Labute approximate surface area is 202 Å². The molecule has 1 unspecified atom stereocenters. The molecule has 0 N–H and O–H groups in total. The minimum Gasteiger partial charge on any atom is -0.312 e. The lowest BCUT2D eigenvalue weighted by Crippen LogP contribution is -2.67. The van der Waals surface area contributed by atoms with Gasteiger partial charge in [-0.2, -0.15) is 0 Å². The molecule has 3 aliphatic rings. The van der Waals surface area contributed by atoms with Gasteiger partial charge in [-0.05, 0) is 42.5 Å². The van der Waals surface area contributed by atoms with Gasteiger partial charge in [0.25, 0.3) is 5.56 Å². The van der Waals surface area contributed by atoms with E-state index in [0.29, 0.717) is 24.7 Å². The lowest BCUT2D eigenvalue weighted by molar-refractivity contribution is -0.159. The summed E-state index contributed by atoms with van der Waals surface area (Å²) in [6, 6.07) is 11.9. The normalized spacial score (nSPS) is 24.4. The minimum atomic E-state index is -1.42. The highest BCUT2D eigenvalue weighted by atomic mass is 35.5. The molecule has 178 valence electrons. The fourth-order valence-electron chi connectivity index (χ4n) is 5.93. The van der Waals surface area contributed by atoms with E-state index in [-0.39, 0.29) is 30.4 Å². The predicted octanol–water partition coefficient (Wildman–Crippen LogP) is 2.20. The van der Waals surface area contributed by atoms with Crippen LogP contribution in [0.3, 0.4) is 0 Å². The Kier molecular flexibility index (Phi) is 5.61. The average molecular weight is 483 g/mol. The first-order valence-corrected chi connectivity index (χ1v) is 11.8. The Balaban J connectivity index is 1.50. The van der Waals surface area contributed by atoms with Crippen LogP contribution in [0.1, 0.15) is 23.6 Å². The molecule has 0 spiro atoms. The first kappa shape index (κ1) is 22.8. The van der Waals surface area contributed by atoms with Crippen molar-refractivity contribution in [1.29, 1.82) is 0 Å². The number of hydrogen-bond donors (Lipinski definition) is 0. The molecule has 2 saturated heterocycles. The molecule has 2 atom stereocenters. The third-order valence-electron chi connectivity index (χ3n) is 7.47. The number of likely N-dealkylation sites (tertiary alicyclic amines) is 1. The van der Waals surface area contributed by atoms with Crippen LogP contribution in [-0.4, -0.2) is 70.8 Å². The highest BCUT2D eigenvalue weighted by Gasteiger charge is 2.56. The van der Waals surface area contributed by atoms with Crippen molar-refractivity contribution in [2.24, 2.45) is 11.3 Å². The summed E-state index contributed by atoms with van der Waals surface area (Å²) in [5.41, 5.74) is 0.397.